The number of nitrogens with two attached hydrogens (primary N) is 1. The summed E-state index contributed by atoms with van der Waals surface area (Å²) in [5, 5.41) is 12.1. The molecule has 0 spiro atoms. The van der Waals surface area contributed by atoms with Crippen molar-refractivity contribution in [1.82, 2.24) is 9.78 Å². The van der Waals surface area contributed by atoms with E-state index in [1.807, 2.05) is 20.8 Å². The zero-order valence-corrected chi connectivity index (χ0v) is 14.3. The second-order valence-electron chi connectivity index (χ2n) is 7.40. The molecule has 0 unspecified atom stereocenters. The Morgan fingerprint density at radius 1 is 1.39 bits per heavy atom. The molecule has 0 aromatic carbocycles. The molecule has 0 radical (unpaired) electrons. The van der Waals surface area contributed by atoms with Gasteiger partial charge in [-0.2, -0.15) is 5.10 Å². The fraction of sp³-hybridized carbons (Fsp3) is 0.706. The summed E-state index contributed by atoms with van der Waals surface area (Å²) < 4.78 is 6.95. The van der Waals surface area contributed by atoms with Gasteiger partial charge in [0.25, 0.3) is 0 Å². The van der Waals surface area contributed by atoms with E-state index >= 15 is 0 Å². The van der Waals surface area contributed by atoms with E-state index in [0.717, 1.165) is 32.1 Å². The Morgan fingerprint density at radius 3 is 2.57 bits per heavy atom. The van der Waals surface area contributed by atoms with Gasteiger partial charge >= 0.3 is 5.97 Å². The number of carbonyl (C=O) groups excluding carboxylic acids is 1. The summed E-state index contributed by atoms with van der Waals surface area (Å²) in [5.41, 5.74) is 5.35. The van der Waals surface area contributed by atoms with Crippen LogP contribution < -0.4 is 5.73 Å². The van der Waals surface area contributed by atoms with Crippen LogP contribution in [0, 0.1) is 17.2 Å². The minimum absolute atomic E-state index is 0.0340. The smallest absolute Gasteiger partial charge is 0.309 e. The van der Waals surface area contributed by atoms with Crippen LogP contribution in [0.1, 0.15) is 59.3 Å². The number of ether oxygens (including phenoxy) is 1. The van der Waals surface area contributed by atoms with Gasteiger partial charge in [-0.3, -0.25) is 10.2 Å². The fourth-order valence-electron chi connectivity index (χ4n) is 3.06. The summed E-state index contributed by atoms with van der Waals surface area (Å²) in [6.45, 7) is 5.72. The molecule has 1 aromatic heterocycles. The van der Waals surface area contributed by atoms with Gasteiger partial charge < -0.3 is 10.5 Å². The monoisotopic (exact) mass is 320 g/mol. The summed E-state index contributed by atoms with van der Waals surface area (Å²) in [6, 6.07) is 1.70. The number of rotatable bonds is 4. The van der Waals surface area contributed by atoms with Crippen LogP contribution in [-0.2, 0) is 9.53 Å². The molecule has 1 aliphatic carbocycles. The molecule has 128 valence electrons. The lowest BCUT2D eigenvalue weighted by atomic mass is 9.80. The molecule has 0 saturated heterocycles. The Kier molecular flexibility index (Phi) is 5.44. The van der Waals surface area contributed by atoms with Gasteiger partial charge in [-0.15, -0.1) is 0 Å². The van der Waals surface area contributed by atoms with Crippen LogP contribution in [0.5, 0.6) is 0 Å². The van der Waals surface area contributed by atoms with Gasteiger partial charge in [0.2, 0.25) is 0 Å². The van der Waals surface area contributed by atoms with Crippen molar-refractivity contribution in [2.24, 2.45) is 11.8 Å². The number of esters is 1. The molecule has 6 nitrogen and oxygen atoms in total. The van der Waals surface area contributed by atoms with Crippen molar-refractivity contribution in [3.63, 3.8) is 0 Å². The summed E-state index contributed by atoms with van der Waals surface area (Å²) in [7, 11) is 0. The third kappa shape index (κ3) is 5.08. The molecule has 1 saturated carbocycles. The maximum atomic E-state index is 12.1. The Bertz CT molecular complexity index is 551. The molecule has 1 heterocycles. The van der Waals surface area contributed by atoms with Crippen LogP contribution >= 0.6 is 0 Å². The summed E-state index contributed by atoms with van der Waals surface area (Å²) >= 11 is 0. The summed E-state index contributed by atoms with van der Waals surface area (Å²) in [4.78, 5) is 12.1. The van der Waals surface area contributed by atoms with Crippen LogP contribution in [0.4, 0.5) is 5.82 Å². The van der Waals surface area contributed by atoms with Crippen molar-refractivity contribution in [2.45, 2.75) is 64.9 Å². The van der Waals surface area contributed by atoms with Crippen molar-refractivity contribution in [3.05, 3.63) is 12.3 Å². The van der Waals surface area contributed by atoms with Crippen molar-refractivity contribution in [1.29, 1.82) is 5.41 Å². The van der Waals surface area contributed by atoms with Crippen LogP contribution in [0.3, 0.4) is 0 Å². The number of hydrogen-bond acceptors (Lipinski definition) is 5. The van der Waals surface area contributed by atoms with E-state index in [-0.39, 0.29) is 11.9 Å². The maximum absolute atomic E-state index is 12.1. The topological polar surface area (TPSA) is 94.0 Å². The van der Waals surface area contributed by atoms with E-state index in [9.17, 15) is 4.79 Å². The molecule has 0 amide bonds. The summed E-state index contributed by atoms with van der Waals surface area (Å²) in [6.07, 6.45) is 7.02. The molecule has 23 heavy (non-hydrogen) atoms. The highest BCUT2D eigenvalue weighted by Gasteiger charge is 2.29. The molecule has 1 aliphatic rings. The number of carbonyl (C=O) groups is 1. The number of nitrogen functional groups attached to an aromatic ring is 1. The third-order valence-electron chi connectivity index (χ3n) is 4.30. The first-order valence-corrected chi connectivity index (χ1v) is 8.36. The van der Waals surface area contributed by atoms with Gasteiger partial charge in [-0.25, -0.2) is 4.68 Å². The molecule has 0 atom stereocenters. The standard InChI is InChI=1S/C17H28N4O2/c1-17(2,3)23-16(22)13-7-4-12(5-8-13)6-9-14(18)21-15(19)10-11-20-21/h10-13,18H,4-9,19H2,1-3H3. The summed E-state index contributed by atoms with van der Waals surface area (Å²) in [5.74, 6) is 1.47. The lowest BCUT2D eigenvalue weighted by Gasteiger charge is -2.29. The lowest BCUT2D eigenvalue weighted by molar-refractivity contribution is -0.161. The molecule has 2 rings (SSSR count). The van der Waals surface area contributed by atoms with Crippen LogP contribution in [0.25, 0.3) is 0 Å². The van der Waals surface area contributed by atoms with Crippen LogP contribution in [-0.4, -0.2) is 27.2 Å². The zero-order valence-electron chi connectivity index (χ0n) is 14.3. The maximum Gasteiger partial charge on any atom is 0.309 e. The second kappa shape index (κ2) is 7.15. The van der Waals surface area contributed by atoms with Crippen molar-refractivity contribution >= 4 is 17.6 Å². The molecule has 0 aliphatic heterocycles. The van der Waals surface area contributed by atoms with Gasteiger partial charge in [-0.1, -0.05) is 0 Å². The van der Waals surface area contributed by atoms with E-state index in [0.29, 0.717) is 24.0 Å². The van der Waals surface area contributed by atoms with Crippen molar-refractivity contribution in [3.8, 4) is 0 Å². The van der Waals surface area contributed by atoms with E-state index < -0.39 is 5.60 Å². The van der Waals surface area contributed by atoms with Gasteiger partial charge in [0.1, 0.15) is 17.3 Å². The second-order valence-corrected chi connectivity index (χ2v) is 7.40. The minimum Gasteiger partial charge on any atom is -0.460 e. The SMILES string of the molecule is CC(C)(C)OC(=O)C1CCC(CCC(=N)n2nccc2N)CC1. The predicted molar refractivity (Wildman–Crippen MR) is 90.3 cm³/mol. The van der Waals surface area contributed by atoms with E-state index in [4.69, 9.17) is 15.9 Å². The fourth-order valence-corrected chi connectivity index (χ4v) is 3.06. The number of nitrogens with one attached hydrogen (secondary N) is 1. The highest BCUT2D eigenvalue weighted by Crippen LogP contribution is 2.33. The van der Waals surface area contributed by atoms with Gasteiger partial charge in [0, 0.05) is 12.5 Å². The minimum atomic E-state index is -0.410. The van der Waals surface area contributed by atoms with Crippen molar-refractivity contribution < 1.29 is 9.53 Å². The Labute approximate surface area is 137 Å². The van der Waals surface area contributed by atoms with Crippen LogP contribution in [0.15, 0.2) is 12.3 Å². The largest absolute Gasteiger partial charge is 0.460 e. The van der Waals surface area contributed by atoms with E-state index in [2.05, 4.69) is 5.10 Å². The Hall–Kier alpha value is -1.85. The van der Waals surface area contributed by atoms with Gasteiger partial charge in [-0.05, 0) is 58.8 Å². The lowest BCUT2D eigenvalue weighted by Crippen LogP contribution is -2.31. The predicted octanol–water partition coefficient (Wildman–Crippen LogP) is 3.22. The number of hydrogen-bond donors (Lipinski definition) is 2. The number of anilines is 1. The quantitative estimate of drug-likeness (QED) is 0.506. The molecule has 1 fully saturated rings. The van der Waals surface area contributed by atoms with E-state index in [1.165, 1.54) is 4.68 Å². The van der Waals surface area contributed by atoms with E-state index in [1.54, 1.807) is 12.3 Å². The number of nitrogens with zero attached hydrogens (tertiary/aromatic N) is 2. The van der Waals surface area contributed by atoms with Gasteiger partial charge in [0.05, 0.1) is 12.1 Å². The molecule has 0 bridgehead atoms. The normalized spacial score (nSPS) is 21.9. The highest BCUT2D eigenvalue weighted by atomic mass is 16.6. The van der Waals surface area contributed by atoms with Gasteiger partial charge in [0.15, 0.2) is 0 Å². The molecule has 1 aromatic rings. The molecule has 6 heteroatoms. The Morgan fingerprint density at radius 2 is 2.04 bits per heavy atom. The zero-order chi connectivity index (χ0) is 17.0. The molecule has 3 N–H and O–H groups in total. The Balaban J connectivity index is 1.74. The highest BCUT2D eigenvalue weighted by molar-refractivity contribution is 5.83. The van der Waals surface area contributed by atoms with Crippen molar-refractivity contribution in [2.75, 3.05) is 5.73 Å². The average Bonchev–Trinajstić information content (AvgIpc) is 2.90. The van der Waals surface area contributed by atoms with Crippen LogP contribution in [0.2, 0.25) is 0 Å². The third-order valence-corrected chi connectivity index (χ3v) is 4.30. The first-order valence-electron chi connectivity index (χ1n) is 8.36. The molecular weight excluding hydrogens is 292 g/mol. The molecular formula is C17H28N4O2. The average molecular weight is 320 g/mol. The first kappa shape index (κ1) is 17.5. The first-order chi connectivity index (χ1) is 10.8. The number of aromatic nitrogens is 2.